The van der Waals surface area contributed by atoms with Gasteiger partial charge in [0, 0.05) is 30.3 Å². The molecule has 0 aliphatic heterocycles. The standard InChI is InChI=1S/C16H12FN5O/c17-13-4-3-12(7-11(13)9-18)23-21-15-5-6-19-16-8-14(10-1-2-10)20-22(15)16/h3-8,10,21H,1-2H2. The number of hydrogen-bond acceptors (Lipinski definition) is 5. The van der Waals surface area contributed by atoms with Gasteiger partial charge in [-0.15, -0.1) is 0 Å². The number of aromatic nitrogens is 3. The molecule has 1 aliphatic carbocycles. The summed E-state index contributed by atoms with van der Waals surface area (Å²) < 4.78 is 15.0. The van der Waals surface area contributed by atoms with E-state index in [0.29, 0.717) is 17.5 Å². The van der Waals surface area contributed by atoms with E-state index in [1.807, 2.05) is 6.07 Å². The molecule has 2 heterocycles. The third-order valence-electron chi connectivity index (χ3n) is 3.70. The lowest BCUT2D eigenvalue weighted by molar-refractivity contribution is 0.399. The van der Waals surface area contributed by atoms with E-state index in [2.05, 4.69) is 15.6 Å². The number of nitrogens with zero attached hydrogens (tertiary/aromatic N) is 4. The first-order valence-corrected chi connectivity index (χ1v) is 7.22. The highest BCUT2D eigenvalue weighted by atomic mass is 19.1. The van der Waals surface area contributed by atoms with Crippen LogP contribution in [-0.2, 0) is 0 Å². The quantitative estimate of drug-likeness (QED) is 0.750. The summed E-state index contributed by atoms with van der Waals surface area (Å²) in [6, 6.07) is 9.44. The van der Waals surface area contributed by atoms with Crippen LogP contribution in [0.4, 0.5) is 10.2 Å². The van der Waals surface area contributed by atoms with Crippen molar-refractivity contribution in [1.29, 1.82) is 5.26 Å². The van der Waals surface area contributed by atoms with Crippen molar-refractivity contribution in [2.45, 2.75) is 18.8 Å². The summed E-state index contributed by atoms with van der Waals surface area (Å²) in [6.07, 6.45) is 3.98. The van der Waals surface area contributed by atoms with Crippen LogP contribution < -0.4 is 10.3 Å². The Labute approximate surface area is 131 Å². The molecule has 0 unspecified atom stereocenters. The Balaban J connectivity index is 1.59. The molecule has 1 aromatic carbocycles. The van der Waals surface area contributed by atoms with E-state index >= 15 is 0 Å². The number of halogens is 1. The number of anilines is 1. The van der Waals surface area contributed by atoms with E-state index < -0.39 is 5.82 Å². The van der Waals surface area contributed by atoms with Crippen molar-refractivity contribution in [3.63, 3.8) is 0 Å². The molecule has 1 fully saturated rings. The van der Waals surface area contributed by atoms with Crippen molar-refractivity contribution in [3.05, 3.63) is 53.6 Å². The Morgan fingerprint density at radius 1 is 1.30 bits per heavy atom. The summed E-state index contributed by atoms with van der Waals surface area (Å²) in [4.78, 5) is 9.71. The Hall–Kier alpha value is -3.14. The van der Waals surface area contributed by atoms with Gasteiger partial charge in [0.1, 0.15) is 11.9 Å². The van der Waals surface area contributed by atoms with Crippen LogP contribution in [0, 0.1) is 17.1 Å². The Bertz CT molecular complexity index is 926. The Morgan fingerprint density at radius 3 is 2.96 bits per heavy atom. The van der Waals surface area contributed by atoms with Crippen LogP contribution in [-0.4, -0.2) is 14.6 Å². The molecule has 114 valence electrons. The van der Waals surface area contributed by atoms with E-state index in [4.69, 9.17) is 10.1 Å². The molecule has 0 bridgehead atoms. The van der Waals surface area contributed by atoms with Gasteiger partial charge < -0.3 is 4.84 Å². The van der Waals surface area contributed by atoms with Crippen molar-refractivity contribution in [3.8, 4) is 11.8 Å². The predicted octanol–water partition coefficient (Wildman–Crippen LogP) is 3.02. The van der Waals surface area contributed by atoms with Gasteiger partial charge in [0.15, 0.2) is 17.2 Å². The molecule has 4 rings (SSSR count). The zero-order chi connectivity index (χ0) is 15.8. The smallest absolute Gasteiger partial charge is 0.165 e. The van der Waals surface area contributed by atoms with Crippen molar-refractivity contribution < 1.29 is 9.23 Å². The molecule has 1 saturated carbocycles. The lowest BCUT2D eigenvalue weighted by atomic mass is 10.2. The highest BCUT2D eigenvalue weighted by Gasteiger charge is 2.26. The number of benzene rings is 1. The maximum absolute atomic E-state index is 13.3. The molecule has 7 heteroatoms. The molecule has 1 N–H and O–H groups in total. The number of fused-ring (bicyclic) bond motifs is 1. The highest BCUT2D eigenvalue weighted by Crippen LogP contribution is 2.39. The zero-order valence-corrected chi connectivity index (χ0v) is 12.0. The topological polar surface area (TPSA) is 75.2 Å². The fourth-order valence-electron chi connectivity index (χ4n) is 2.33. The van der Waals surface area contributed by atoms with Gasteiger partial charge in [-0.25, -0.2) is 14.9 Å². The molecule has 2 aromatic heterocycles. The molecule has 3 aromatic rings. The van der Waals surface area contributed by atoms with E-state index in [-0.39, 0.29) is 5.56 Å². The summed E-state index contributed by atoms with van der Waals surface area (Å²) in [5, 5.41) is 13.4. The summed E-state index contributed by atoms with van der Waals surface area (Å²) in [5.74, 6) is 0.889. The average Bonchev–Trinajstić information content (AvgIpc) is 3.33. The van der Waals surface area contributed by atoms with Gasteiger partial charge in [0.2, 0.25) is 0 Å². The Kier molecular flexibility index (Phi) is 3.08. The monoisotopic (exact) mass is 309 g/mol. The van der Waals surface area contributed by atoms with Crippen molar-refractivity contribution >= 4 is 11.5 Å². The van der Waals surface area contributed by atoms with Crippen LogP contribution in [0.3, 0.4) is 0 Å². The first-order valence-electron chi connectivity index (χ1n) is 7.22. The normalized spacial score (nSPS) is 13.7. The molecule has 23 heavy (non-hydrogen) atoms. The predicted molar refractivity (Wildman–Crippen MR) is 80.3 cm³/mol. The van der Waals surface area contributed by atoms with E-state index in [1.54, 1.807) is 22.8 Å². The third kappa shape index (κ3) is 2.55. The maximum Gasteiger partial charge on any atom is 0.165 e. The molecular weight excluding hydrogens is 297 g/mol. The second-order valence-corrected chi connectivity index (χ2v) is 5.40. The van der Waals surface area contributed by atoms with Gasteiger partial charge >= 0.3 is 0 Å². The fraction of sp³-hybridized carbons (Fsp3) is 0.188. The summed E-state index contributed by atoms with van der Waals surface area (Å²) in [7, 11) is 0. The Morgan fingerprint density at radius 2 is 2.17 bits per heavy atom. The fourth-order valence-corrected chi connectivity index (χ4v) is 2.33. The van der Waals surface area contributed by atoms with Crippen molar-refractivity contribution in [1.82, 2.24) is 14.6 Å². The van der Waals surface area contributed by atoms with E-state index in [0.717, 1.165) is 24.2 Å². The highest BCUT2D eigenvalue weighted by molar-refractivity contribution is 5.49. The van der Waals surface area contributed by atoms with E-state index in [1.165, 1.54) is 18.2 Å². The zero-order valence-electron chi connectivity index (χ0n) is 12.0. The van der Waals surface area contributed by atoms with Crippen LogP contribution in [0.2, 0.25) is 0 Å². The molecule has 0 atom stereocenters. The third-order valence-corrected chi connectivity index (χ3v) is 3.70. The van der Waals surface area contributed by atoms with Crippen LogP contribution in [0.15, 0.2) is 36.5 Å². The van der Waals surface area contributed by atoms with Crippen molar-refractivity contribution in [2.75, 3.05) is 5.48 Å². The molecule has 1 aliphatic rings. The largest absolute Gasteiger partial charge is 0.381 e. The number of rotatable bonds is 4. The minimum Gasteiger partial charge on any atom is -0.381 e. The second kappa shape index (κ2) is 5.25. The van der Waals surface area contributed by atoms with Gasteiger partial charge in [-0.2, -0.15) is 14.9 Å². The SMILES string of the molecule is N#Cc1cc(ONc2ccnc3cc(C4CC4)nn23)ccc1F. The second-order valence-electron chi connectivity index (χ2n) is 5.40. The summed E-state index contributed by atoms with van der Waals surface area (Å²) in [6.45, 7) is 0. The summed E-state index contributed by atoms with van der Waals surface area (Å²) >= 11 is 0. The first-order chi connectivity index (χ1) is 11.2. The lowest BCUT2D eigenvalue weighted by Gasteiger charge is -2.09. The van der Waals surface area contributed by atoms with Gasteiger partial charge in [-0.05, 0) is 25.0 Å². The van der Waals surface area contributed by atoms with Gasteiger partial charge in [-0.1, -0.05) is 0 Å². The van der Waals surface area contributed by atoms with Crippen LogP contribution in [0.25, 0.3) is 5.65 Å². The molecule has 0 saturated heterocycles. The van der Waals surface area contributed by atoms with E-state index in [9.17, 15) is 4.39 Å². The van der Waals surface area contributed by atoms with Gasteiger partial charge in [-0.3, -0.25) is 0 Å². The molecule has 0 amide bonds. The number of nitrogens with one attached hydrogen (secondary N) is 1. The first kappa shape index (κ1) is 13.5. The maximum atomic E-state index is 13.3. The minimum absolute atomic E-state index is 0.0701. The minimum atomic E-state index is -0.577. The van der Waals surface area contributed by atoms with Crippen molar-refractivity contribution in [2.24, 2.45) is 0 Å². The molecule has 6 nitrogen and oxygen atoms in total. The van der Waals surface area contributed by atoms with Crippen LogP contribution >= 0.6 is 0 Å². The van der Waals surface area contributed by atoms with Crippen LogP contribution in [0.5, 0.6) is 5.75 Å². The molecular formula is C16H12FN5O. The van der Waals surface area contributed by atoms with Crippen LogP contribution in [0.1, 0.15) is 30.0 Å². The number of nitriles is 1. The van der Waals surface area contributed by atoms with Gasteiger partial charge in [0.25, 0.3) is 0 Å². The number of hydrogen-bond donors (Lipinski definition) is 1. The average molecular weight is 309 g/mol. The molecule has 0 radical (unpaired) electrons. The molecule has 0 spiro atoms. The summed E-state index contributed by atoms with van der Waals surface area (Å²) in [5.41, 5.74) is 4.47. The lowest BCUT2D eigenvalue weighted by Crippen LogP contribution is -2.10. The van der Waals surface area contributed by atoms with Gasteiger partial charge in [0.05, 0.1) is 11.3 Å².